The van der Waals surface area contributed by atoms with Crippen molar-refractivity contribution in [2.75, 3.05) is 5.32 Å². The zero-order valence-electron chi connectivity index (χ0n) is 16.2. The molecule has 0 spiro atoms. The van der Waals surface area contributed by atoms with Gasteiger partial charge in [-0.1, -0.05) is 17.7 Å². The maximum Gasteiger partial charge on any atom is 0.340 e. The molecule has 0 saturated carbocycles. The van der Waals surface area contributed by atoms with Crippen LogP contribution in [-0.2, 0) is 9.53 Å². The van der Waals surface area contributed by atoms with Crippen LogP contribution in [0.15, 0.2) is 54.6 Å². The van der Waals surface area contributed by atoms with Crippen LogP contribution in [0.2, 0.25) is 5.02 Å². The van der Waals surface area contributed by atoms with Crippen molar-refractivity contribution >= 4 is 29.2 Å². The van der Waals surface area contributed by atoms with Gasteiger partial charge in [-0.15, -0.1) is 0 Å². The summed E-state index contributed by atoms with van der Waals surface area (Å²) in [6.45, 7) is 5.10. The Morgan fingerprint density at radius 2 is 1.79 bits per heavy atom. The highest BCUT2D eigenvalue weighted by Gasteiger charge is 2.23. The van der Waals surface area contributed by atoms with Crippen LogP contribution in [0.3, 0.4) is 0 Å². The number of rotatable bonds is 5. The predicted molar refractivity (Wildman–Crippen MR) is 110 cm³/mol. The molecule has 1 heterocycles. The van der Waals surface area contributed by atoms with Gasteiger partial charge in [-0.3, -0.25) is 4.79 Å². The molecule has 1 amide bonds. The van der Waals surface area contributed by atoms with Gasteiger partial charge in [0.1, 0.15) is 5.82 Å². The molecule has 0 radical (unpaired) electrons. The number of aromatic nitrogens is 1. The number of amides is 1. The maximum absolute atomic E-state index is 13.2. The summed E-state index contributed by atoms with van der Waals surface area (Å²) < 4.78 is 20.4. The number of hydrogen-bond donors (Lipinski definition) is 1. The molecular formula is C22H20ClFN2O3. The van der Waals surface area contributed by atoms with Gasteiger partial charge in [0.2, 0.25) is 0 Å². The van der Waals surface area contributed by atoms with Gasteiger partial charge in [0, 0.05) is 27.8 Å². The highest BCUT2D eigenvalue weighted by atomic mass is 35.5. The number of carbonyl (C=O) groups is 2. The molecule has 3 aromatic rings. The molecule has 1 aromatic heterocycles. The summed E-state index contributed by atoms with van der Waals surface area (Å²) in [7, 11) is 0. The summed E-state index contributed by atoms with van der Waals surface area (Å²) in [5.74, 6) is -1.41. The number of aryl methyl sites for hydroxylation is 1. The van der Waals surface area contributed by atoms with E-state index in [-0.39, 0.29) is 5.82 Å². The van der Waals surface area contributed by atoms with Gasteiger partial charge >= 0.3 is 5.97 Å². The van der Waals surface area contributed by atoms with Crippen molar-refractivity contribution in [1.29, 1.82) is 0 Å². The largest absolute Gasteiger partial charge is 0.449 e. The Labute approximate surface area is 173 Å². The van der Waals surface area contributed by atoms with Crippen LogP contribution in [-0.4, -0.2) is 22.5 Å². The Hall–Kier alpha value is -3.12. The van der Waals surface area contributed by atoms with Crippen molar-refractivity contribution in [3.63, 3.8) is 0 Å². The van der Waals surface area contributed by atoms with E-state index in [0.717, 1.165) is 11.4 Å². The zero-order chi connectivity index (χ0) is 21.1. The SMILES string of the molecule is Cc1cc(C(=O)OC(C)C(=O)Nc2cccc(Cl)c2)c(C)n1-c1ccc(F)cc1. The van der Waals surface area contributed by atoms with Crippen LogP contribution >= 0.6 is 11.6 Å². The molecule has 1 atom stereocenters. The molecule has 0 aliphatic rings. The number of ether oxygens (including phenoxy) is 1. The molecule has 29 heavy (non-hydrogen) atoms. The minimum Gasteiger partial charge on any atom is -0.449 e. The molecular weight excluding hydrogens is 395 g/mol. The molecule has 0 aliphatic carbocycles. The summed E-state index contributed by atoms with van der Waals surface area (Å²) in [4.78, 5) is 25.0. The Kier molecular flexibility index (Phi) is 6.03. The number of carbonyl (C=O) groups excluding carboxylic acids is 2. The van der Waals surface area contributed by atoms with E-state index in [9.17, 15) is 14.0 Å². The Morgan fingerprint density at radius 3 is 2.45 bits per heavy atom. The Bertz CT molecular complexity index is 1060. The number of halogens is 2. The highest BCUT2D eigenvalue weighted by molar-refractivity contribution is 6.30. The van der Waals surface area contributed by atoms with Crippen molar-refractivity contribution in [3.05, 3.63) is 82.4 Å². The highest BCUT2D eigenvalue weighted by Crippen LogP contribution is 2.22. The number of nitrogens with one attached hydrogen (secondary N) is 1. The number of benzene rings is 2. The van der Waals surface area contributed by atoms with Crippen molar-refractivity contribution in [3.8, 4) is 5.69 Å². The Balaban J connectivity index is 1.74. The lowest BCUT2D eigenvalue weighted by Gasteiger charge is -2.14. The normalized spacial score (nSPS) is 11.8. The van der Waals surface area contributed by atoms with Crippen molar-refractivity contribution in [2.24, 2.45) is 0 Å². The van der Waals surface area contributed by atoms with Crippen molar-refractivity contribution < 1.29 is 18.7 Å². The summed E-state index contributed by atoms with van der Waals surface area (Å²) in [5, 5.41) is 3.15. The van der Waals surface area contributed by atoms with Crippen LogP contribution in [0.25, 0.3) is 5.69 Å². The zero-order valence-corrected chi connectivity index (χ0v) is 17.0. The second kappa shape index (κ2) is 8.49. The van der Waals surface area contributed by atoms with Gasteiger partial charge in [0.05, 0.1) is 5.56 Å². The first kappa shape index (κ1) is 20.6. The summed E-state index contributed by atoms with van der Waals surface area (Å²) in [6, 6.07) is 14.3. The van der Waals surface area contributed by atoms with Crippen LogP contribution in [0.1, 0.15) is 28.7 Å². The molecule has 0 saturated heterocycles. The smallest absolute Gasteiger partial charge is 0.340 e. The maximum atomic E-state index is 13.2. The van der Waals surface area contributed by atoms with Crippen LogP contribution in [0.5, 0.6) is 0 Å². The second-order valence-electron chi connectivity index (χ2n) is 6.64. The fraction of sp³-hybridized carbons (Fsp3) is 0.182. The topological polar surface area (TPSA) is 60.3 Å². The molecule has 5 nitrogen and oxygen atoms in total. The standard InChI is InChI=1S/C22H20ClFN2O3/c1-13-11-20(14(2)26(13)19-9-7-17(24)8-10-19)22(28)29-15(3)21(27)25-18-6-4-5-16(23)12-18/h4-12,15H,1-3H3,(H,25,27). The number of esters is 1. The van der Waals surface area contributed by atoms with Gasteiger partial charge in [0.25, 0.3) is 5.91 Å². The molecule has 0 fully saturated rings. The molecule has 3 rings (SSSR count). The quantitative estimate of drug-likeness (QED) is 0.593. The summed E-state index contributed by atoms with van der Waals surface area (Å²) >= 11 is 5.91. The van der Waals surface area contributed by atoms with E-state index in [2.05, 4.69) is 5.32 Å². The summed E-state index contributed by atoms with van der Waals surface area (Å²) in [5.41, 5.74) is 3.01. The van der Waals surface area contributed by atoms with Gasteiger partial charge in [-0.2, -0.15) is 0 Å². The van der Waals surface area contributed by atoms with Gasteiger partial charge in [-0.05, 0) is 69.3 Å². The molecule has 150 valence electrons. The first-order chi connectivity index (χ1) is 13.8. The van der Waals surface area contributed by atoms with E-state index in [1.807, 2.05) is 11.5 Å². The lowest BCUT2D eigenvalue weighted by Crippen LogP contribution is -2.30. The Morgan fingerprint density at radius 1 is 1.10 bits per heavy atom. The van der Waals surface area contributed by atoms with Crippen molar-refractivity contribution in [1.82, 2.24) is 4.57 Å². The average molecular weight is 415 g/mol. The van der Waals surface area contributed by atoms with Crippen LogP contribution in [0, 0.1) is 19.7 Å². The average Bonchev–Trinajstić information content (AvgIpc) is 2.97. The lowest BCUT2D eigenvalue weighted by atomic mass is 10.2. The monoisotopic (exact) mass is 414 g/mol. The van der Waals surface area contributed by atoms with E-state index in [0.29, 0.717) is 22.0 Å². The minimum atomic E-state index is -1.00. The summed E-state index contributed by atoms with van der Waals surface area (Å²) in [6.07, 6.45) is -1.00. The first-order valence-electron chi connectivity index (χ1n) is 8.98. The van der Waals surface area contributed by atoms with Gasteiger partial charge in [0.15, 0.2) is 6.10 Å². The third kappa shape index (κ3) is 4.66. The first-order valence-corrected chi connectivity index (χ1v) is 9.36. The van der Waals surface area contributed by atoms with E-state index < -0.39 is 18.0 Å². The molecule has 0 bridgehead atoms. The fourth-order valence-corrected chi connectivity index (χ4v) is 3.23. The molecule has 7 heteroatoms. The molecule has 2 aromatic carbocycles. The van der Waals surface area contributed by atoms with Gasteiger partial charge in [-0.25, -0.2) is 9.18 Å². The molecule has 0 aliphatic heterocycles. The van der Waals surface area contributed by atoms with E-state index in [1.54, 1.807) is 49.4 Å². The molecule has 1 N–H and O–H groups in total. The number of nitrogens with zero attached hydrogens (tertiary/aromatic N) is 1. The molecule has 1 unspecified atom stereocenters. The van der Waals surface area contributed by atoms with Crippen LogP contribution in [0.4, 0.5) is 10.1 Å². The van der Waals surface area contributed by atoms with Gasteiger partial charge < -0.3 is 14.6 Å². The van der Waals surface area contributed by atoms with Crippen molar-refractivity contribution in [2.45, 2.75) is 26.9 Å². The second-order valence-corrected chi connectivity index (χ2v) is 7.08. The minimum absolute atomic E-state index is 0.338. The van der Waals surface area contributed by atoms with E-state index in [1.165, 1.54) is 19.1 Å². The number of hydrogen-bond acceptors (Lipinski definition) is 3. The van der Waals surface area contributed by atoms with E-state index in [4.69, 9.17) is 16.3 Å². The van der Waals surface area contributed by atoms with E-state index >= 15 is 0 Å². The third-order valence-corrected chi connectivity index (χ3v) is 4.72. The third-order valence-electron chi connectivity index (χ3n) is 4.48. The fourth-order valence-electron chi connectivity index (χ4n) is 3.04. The predicted octanol–water partition coefficient (Wildman–Crippen LogP) is 5.07. The van der Waals surface area contributed by atoms with Crippen LogP contribution < -0.4 is 5.32 Å². The number of anilines is 1. The lowest BCUT2D eigenvalue weighted by molar-refractivity contribution is -0.123.